The van der Waals surface area contributed by atoms with Gasteiger partial charge in [-0.3, -0.25) is 9.59 Å². The molecular formula is C23H41N3O4S. The monoisotopic (exact) mass is 455 g/mol. The average molecular weight is 456 g/mol. The minimum Gasteiger partial charge on any atom is -0.383 e. The lowest BCUT2D eigenvalue weighted by atomic mass is 9.88. The predicted molar refractivity (Wildman–Crippen MR) is 126 cm³/mol. The molecule has 0 fully saturated rings. The maximum absolute atomic E-state index is 12.8. The Morgan fingerprint density at radius 1 is 1.19 bits per heavy atom. The molecule has 0 spiro atoms. The van der Waals surface area contributed by atoms with Crippen molar-refractivity contribution in [1.29, 1.82) is 0 Å². The fourth-order valence-electron chi connectivity index (χ4n) is 3.04. The van der Waals surface area contributed by atoms with Crippen LogP contribution in [-0.4, -0.2) is 46.8 Å². The van der Waals surface area contributed by atoms with Crippen LogP contribution in [0.4, 0.5) is 5.13 Å². The minimum atomic E-state index is -1.19. The van der Waals surface area contributed by atoms with E-state index in [1.165, 1.54) is 11.3 Å². The standard InChI is InChI=1S/C23H41N3O4S/c1-9-11-16(25-20(29)18(27)22(3,4)5)19(28)26-21-24-14-17(31-21)15(2)12-10-13-23(6,7)30-8/h14-16,18,27H,9-13H2,1-8H3,(H,25,29)(H,24,26,28)/t15-,16-,18+/m0/s1. The Morgan fingerprint density at radius 2 is 1.84 bits per heavy atom. The van der Waals surface area contributed by atoms with Crippen molar-refractivity contribution in [3.8, 4) is 0 Å². The van der Waals surface area contributed by atoms with E-state index in [9.17, 15) is 14.7 Å². The molecule has 0 aromatic carbocycles. The number of nitrogens with one attached hydrogen (secondary N) is 2. The highest BCUT2D eigenvalue weighted by molar-refractivity contribution is 7.15. The number of ether oxygens (including phenoxy) is 1. The second kappa shape index (κ2) is 11.9. The first-order valence-corrected chi connectivity index (χ1v) is 11.9. The van der Waals surface area contributed by atoms with Gasteiger partial charge in [-0.05, 0) is 50.9 Å². The number of nitrogens with zero attached hydrogens (tertiary/aromatic N) is 1. The fraction of sp³-hybridized carbons (Fsp3) is 0.783. The highest BCUT2D eigenvalue weighted by atomic mass is 32.1. The third kappa shape index (κ3) is 9.25. The zero-order chi connectivity index (χ0) is 23.8. The number of carbonyl (C=O) groups is 2. The molecule has 0 unspecified atom stereocenters. The first-order chi connectivity index (χ1) is 14.3. The van der Waals surface area contributed by atoms with Crippen LogP contribution in [0.3, 0.4) is 0 Å². The summed E-state index contributed by atoms with van der Waals surface area (Å²) in [6.45, 7) is 13.6. The zero-order valence-electron chi connectivity index (χ0n) is 20.4. The molecule has 0 saturated carbocycles. The van der Waals surface area contributed by atoms with Crippen molar-refractivity contribution in [1.82, 2.24) is 10.3 Å². The number of aliphatic hydroxyl groups excluding tert-OH is 1. The number of carbonyl (C=O) groups excluding carboxylic acids is 2. The van der Waals surface area contributed by atoms with Gasteiger partial charge in [-0.2, -0.15) is 0 Å². The molecule has 178 valence electrons. The van der Waals surface area contributed by atoms with Gasteiger partial charge in [0, 0.05) is 18.2 Å². The number of amides is 2. The first-order valence-electron chi connectivity index (χ1n) is 11.1. The van der Waals surface area contributed by atoms with E-state index in [1.54, 1.807) is 27.9 Å². The Bertz CT molecular complexity index is 712. The van der Waals surface area contributed by atoms with Crippen molar-refractivity contribution < 1.29 is 19.4 Å². The Morgan fingerprint density at radius 3 is 2.39 bits per heavy atom. The highest BCUT2D eigenvalue weighted by Crippen LogP contribution is 2.30. The molecule has 7 nitrogen and oxygen atoms in total. The summed E-state index contributed by atoms with van der Waals surface area (Å²) in [4.78, 5) is 30.6. The number of thiazole rings is 1. The van der Waals surface area contributed by atoms with Gasteiger partial charge in [0.05, 0.1) is 5.60 Å². The molecular weight excluding hydrogens is 414 g/mol. The lowest BCUT2D eigenvalue weighted by Crippen LogP contribution is -2.50. The number of rotatable bonds is 12. The zero-order valence-corrected chi connectivity index (χ0v) is 21.2. The van der Waals surface area contributed by atoms with Crippen LogP contribution in [0.2, 0.25) is 0 Å². The summed E-state index contributed by atoms with van der Waals surface area (Å²) in [7, 11) is 1.74. The van der Waals surface area contributed by atoms with E-state index in [-0.39, 0.29) is 11.5 Å². The molecule has 3 N–H and O–H groups in total. The summed E-state index contributed by atoms with van der Waals surface area (Å²) in [5.74, 6) is -0.510. The van der Waals surface area contributed by atoms with E-state index >= 15 is 0 Å². The molecule has 1 aromatic heterocycles. The second-order valence-corrected chi connectivity index (χ2v) is 11.0. The lowest BCUT2D eigenvalue weighted by Gasteiger charge is -2.26. The van der Waals surface area contributed by atoms with Crippen LogP contribution in [0, 0.1) is 5.41 Å². The first kappa shape index (κ1) is 27.5. The van der Waals surface area contributed by atoms with Gasteiger partial charge in [-0.25, -0.2) is 4.98 Å². The quantitative estimate of drug-likeness (QED) is 0.432. The van der Waals surface area contributed by atoms with Crippen molar-refractivity contribution in [3.63, 3.8) is 0 Å². The van der Waals surface area contributed by atoms with Gasteiger partial charge < -0.3 is 20.5 Å². The molecule has 1 rings (SSSR count). The van der Waals surface area contributed by atoms with Crippen LogP contribution in [-0.2, 0) is 14.3 Å². The number of methoxy groups -OCH3 is 1. The van der Waals surface area contributed by atoms with Gasteiger partial charge in [0.2, 0.25) is 11.8 Å². The van der Waals surface area contributed by atoms with Crippen LogP contribution >= 0.6 is 11.3 Å². The largest absolute Gasteiger partial charge is 0.383 e. The van der Waals surface area contributed by atoms with Gasteiger partial charge in [-0.1, -0.05) is 41.0 Å². The number of aromatic nitrogens is 1. The van der Waals surface area contributed by atoms with Crippen LogP contribution in [0.5, 0.6) is 0 Å². The summed E-state index contributed by atoms with van der Waals surface area (Å²) in [5, 5.41) is 16.2. The second-order valence-electron chi connectivity index (χ2n) is 9.93. The molecule has 0 aliphatic rings. The third-order valence-electron chi connectivity index (χ3n) is 5.49. The molecule has 0 saturated heterocycles. The number of hydrogen-bond donors (Lipinski definition) is 3. The van der Waals surface area contributed by atoms with Crippen molar-refractivity contribution in [3.05, 3.63) is 11.1 Å². The molecule has 31 heavy (non-hydrogen) atoms. The van der Waals surface area contributed by atoms with E-state index in [4.69, 9.17) is 4.74 Å². The maximum Gasteiger partial charge on any atom is 0.250 e. The van der Waals surface area contributed by atoms with Crippen LogP contribution in [0.25, 0.3) is 0 Å². The Balaban J connectivity index is 2.68. The topological polar surface area (TPSA) is 101 Å². The SMILES string of the molecule is CCC[C@H](NC(=O)[C@@H](O)C(C)(C)C)C(=O)Nc1ncc([C@@H](C)CCCC(C)(C)OC)s1. The molecule has 1 aromatic rings. The van der Waals surface area contributed by atoms with Crippen molar-refractivity contribution in [2.45, 2.75) is 104 Å². The van der Waals surface area contributed by atoms with Crippen LogP contribution in [0.15, 0.2) is 6.20 Å². The number of anilines is 1. The molecule has 0 aliphatic carbocycles. The summed E-state index contributed by atoms with van der Waals surface area (Å²) in [6, 6.07) is -0.712. The Labute approximate surface area is 191 Å². The number of hydrogen-bond acceptors (Lipinski definition) is 6. The summed E-state index contributed by atoms with van der Waals surface area (Å²) >= 11 is 1.46. The molecule has 0 bridgehead atoms. The lowest BCUT2D eigenvalue weighted by molar-refractivity contribution is -0.137. The highest BCUT2D eigenvalue weighted by Gasteiger charge is 2.32. The summed E-state index contributed by atoms with van der Waals surface area (Å²) in [5.41, 5.74) is -0.720. The molecule has 2 amide bonds. The molecule has 0 aliphatic heterocycles. The number of aliphatic hydroxyl groups is 1. The van der Waals surface area contributed by atoms with Gasteiger partial charge in [0.15, 0.2) is 5.13 Å². The van der Waals surface area contributed by atoms with E-state index in [1.807, 2.05) is 13.1 Å². The molecule has 8 heteroatoms. The smallest absolute Gasteiger partial charge is 0.250 e. The van der Waals surface area contributed by atoms with Gasteiger partial charge in [-0.15, -0.1) is 11.3 Å². The van der Waals surface area contributed by atoms with Gasteiger partial charge >= 0.3 is 0 Å². The summed E-state index contributed by atoms with van der Waals surface area (Å²) in [6.07, 6.45) is 4.87. The fourth-order valence-corrected chi connectivity index (χ4v) is 3.95. The van der Waals surface area contributed by atoms with Crippen molar-refractivity contribution in [2.75, 3.05) is 12.4 Å². The van der Waals surface area contributed by atoms with Crippen molar-refractivity contribution in [2.24, 2.45) is 5.41 Å². The van der Waals surface area contributed by atoms with E-state index in [0.717, 1.165) is 30.6 Å². The van der Waals surface area contributed by atoms with Gasteiger partial charge in [0.25, 0.3) is 0 Å². The van der Waals surface area contributed by atoms with Gasteiger partial charge in [0.1, 0.15) is 12.1 Å². The third-order valence-corrected chi connectivity index (χ3v) is 6.63. The predicted octanol–water partition coefficient (Wildman–Crippen LogP) is 4.47. The van der Waals surface area contributed by atoms with E-state index < -0.39 is 23.5 Å². The van der Waals surface area contributed by atoms with Crippen molar-refractivity contribution >= 4 is 28.3 Å². The average Bonchev–Trinajstić information content (AvgIpc) is 3.14. The minimum absolute atomic E-state index is 0.119. The molecule has 3 atom stereocenters. The Hall–Kier alpha value is -1.51. The van der Waals surface area contributed by atoms with E-state index in [2.05, 4.69) is 36.4 Å². The van der Waals surface area contributed by atoms with Crippen LogP contribution < -0.4 is 10.6 Å². The maximum atomic E-state index is 12.8. The molecule has 0 radical (unpaired) electrons. The summed E-state index contributed by atoms with van der Waals surface area (Å²) < 4.78 is 5.47. The van der Waals surface area contributed by atoms with Crippen LogP contribution in [0.1, 0.15) is 91.4 Å². The Kier molecular flexibility index (Phi) is 10.6. The van der Waals surface area contributed by atoms with E-state index in [0.29, 0.717) is 17.5 Å². The normalized spacial score (nSPS) is 15.3. The molecule has 1 heterocycles.